The van der Waals surface area contributed by atoms with Crippen LogP contribution in [0.3, 0.4) is 0 Å². The molecule has 3 heterocycles. The molecule has 0 spiro atoms. The average molecular weight is 609 g/mol. The van der Waals surface area contributed by atoms with E-state index in [1.807, 2.05) is 24.0 Å². The van der Waals surface area contributed by atoms with Crippen molar-refractivity contribution in [2.24, 2.45) is 0 Å². The van der Waals surface area contributed by atoms with E-state index in [1.165, 1.54) is 46.0 Å². The van der Waals surface area contributed by atoms with Gasteiger partial charge in [0.25, 0.3) is 0 Å². The molecule has 1 aromatic heterocycles. The molecule has 5 rings (SSSR count). The molecule has 0 amide bonds. The molecule has 1 N–H and O–H groups in total. The van der Waals surface area contributed by atoms with Gasteiger partial charge in [-0.2, -0.15) is 0 Å². The Bertz CT molecular complexity index is 1170. The Morgan fingerprint density at radius 2 is 1.77 bits per heavy atom. The van der Waals surface area contributed by atoms with Crippen LogP contribution in [0, 0.1) is 6.07 Å². The van der Waals surface area contributed by atoms with Crippen LogP contribution < -0.4 is 10.4 Å². The number of hydrogen-bond acceptors (Lipinski definition) is 4. The minimum absolute atomic E-state index is 0. The Kier molecular flexibility index (Phi) is 6.53. The van der Waals surface area contributed by atoms with Gasteiger partial charge in [0.2, 0.25) is 0 Å². The standard InChI is InChI=1S/C19H14NSSi.C5H8O2.Ir/c1-22(2)15-9-5-8-14-17(15)18-16(22)10-11-20-19(18)12-6-3-4-7-13(12)21-14;1-4(6)3-5(2)7;/h3-5,7-11H,1-2H3;3,6H,1-2H3;/q-1;;/b;4-3-;. The molecule has 1 radical (unpaired) electrons. The number of fused-ring (bicyclic) bond motifs is 2. The Balaban J connectivity index is 0.000000281. The third kappa shape index (κ3) is 3.85. The molecule has 0 saturated carbocycles. The molecule has 3 nitrogen and oxygen atoms in total. The van der Waals surface area contributed by atoms with Crippen LogP contribution >= 0.6 is 11.8 Å². The summed E-state index contributed by atoms with van der Waals surface area (Å²) in [6.45, 7) is 7.75. The Hall–Kier alpha value is -1.98. The van der Waals surface area contributed by atoms with Crippen molar-refractivity contribution in [2.45, 2.75) is 36.7 Å². The maximum atomic E-state index is 10.0. The number of aliphatic hydroxyl groups excluding tert-OH is 1. The number of ketones is 1. The Labute approximate surface area is 196 Å². The normalized spacial score (nSPS) is 14.3. The van der Waals surface area contributed by atoms with Crippen LogP contribution in [0.2, 0.25) is 13.1 Å². The van der Waals surface area contributed by atoms with Crippen molar-refractivity contribution in [3.8, 4) is 22.4 Å². The second-order valence-corrected chi connectivity index (χ2v) is 13.2. The molecular formula is C24H22IrNO2SSi-. The largest absolute Gasteiger partial charge is 0.512 e. The first-order valence-corrected chi connectivity index (χ1v) is 13.3. The second kappa shape index (κ2) is 8.64. The van der Waals surface area contributed by atoms with Crippen LogP contribution in [0.5, 0.6) is 0 Å². The second-order valence-electron chi connectivity index (χ2n) is 7.79. The van der Waals surface area contributed by atoms with Crippen molar-refractivity contribution in [3.63, 3.8) is 0 Å². The number of nitrogens with zero attached hydrogens (tertiary/aromatic N) is 1. The van der Waals surface area contributed by atoms with Gasteiger partial charge in [-0.15, -0.1) is 41.6 Å². The van der Waals surface area contributed by atoms with E-state index >= 15 is 0 Å². The minimum atomic E-state index is -1.62. The van der Waals surface area contributed by atoms with Crippen LogP contribution in [0.15, 0.2) is 70.3 Å². The van der Waals surface area contributed by atoms with Crippen LogP contribution in [0.25, 0.3) is 22.4 Å². The molecule has 155 valence electrons. The van der Waals surface area contributed by atoms with Crippen molar-refractivity contribution in [1.82, 2.24) is 4.98 Å². The molecule has 0 unspecified atom stereocenters. The van der Waals surface area contributed by atoms with Crippen LogP contribution in [0.1, 0.15) is 13.8 Å². The van der Waals surface area contributed by atoms with Gasteiger partial charge in [-0.3, -0.25) is 4.79 Å². The van der Waals surface area contributed by atoms with Gasteiger partial charge >= 0.3 is 0 Å². The van der Waals surface area contributed by atoms with Gasteiger partial charge in [0.1, 0.15) is 8.07 Å². The molecule has 2 aliphatic rings. The number of aromatic nitrogens is 1. The summed E-state index contributed by atoms with van der Waals surface area (Å²) in [5, 5.41) is 11.4. The van der Waals surface area contributed by atoms with E-state index in [0.717, 1.165) is 11.3 Å². The van der Waals surface area contributed by atoms with Crippen LogP contribution in [-0.2, 0) is 24.9 Å². The van der Waals surface area contributed by atoms with Crippen molar-refractivity contribution in [1.29, 1.82) is 0 Å². The Morgan fingerprint density at radius 1 is 1.07 bits per heavy atom. The Morgan fingerprint density at radius 3 is 2.43 bits per heavy atom. The third-order valence-corrected chi connectivity index (χ3v) is 9.91. The topological polar surface area (TPSA) is 50.2 Å². The van der Waals surface area contributed by atoms with E-state index in [0.29, 0.717) is 0 Å². The smallest absolute Gasteiger partial charge is 0.155 e. The summed E-state index contributed by atoms with van der Waals surface area (Å²) in [5.74, 6) is -0.0625. The van der Waals surface area contributed by atoms with E-state index in [9.17, 15) is 4.79 Å². The van der Waals surface area contributed by atoms with Crippen molar-refractivity contribution in [2.75, 3.05) is 0 Å². The predicted molar refractivity (Wildman–Crippen MR) is 122 cm³/mol. The zero-order valence-electron chi connectivity index (χ0n) is 17.2. The van der Waals surface area contributed by atoms with Gasteiger partial charge in [0.05, 0.1) is 5.76 Å². The zero-order chi connectivity index (χ0) is 20.8. The predicted octanol–water partition coefficient (Wildman–Crippen LogP) is 4.85. The number of benzene rings is 2. The van der Waals surface area contributed by atoms with E-state index in [2.05, 4.69) is 55.6 Å². The SMILES string of the molecule is CC(=O)/C=C(/C)O.C[Si]1(C)c2cccc3c2-c2c1ccnc2-c1[c-]cccc1S3.[Ir]. The van der Waals surface area contributed by atoms with Gasteiger partial charge in [0.15, 0.2) is 5.78 Å². The summed E-state index contributed by atoms with van der Waals surface area (Å²) in [7, 11) is -1.62. The maximum absolute atomic E-state index is 10.0. The number of carbonyl (C=O) groups is 1. The summed E-state index contributed by atoms with van der Waals surface area (Å²) in [6.07, 6.45) is 3.15. The summed E-state index contributed by atoms with van der Waals surface area (Å²) in [6, 6.07) is 18.7. The summed E-state index contributed by atoms with van der Waals surface area (Å²) in [4.78, 5) is 17.4. The van der Waals surface area contributed by atoms with Crippen molar-refractivity contribution < 1.29 is 30.0 Å². The van der Waals surface area contributed by atoms with Gasteiger partial charge in [0, 0.05) is 37.3 Å². The van der Waals surface area contributed by atoms with Crippen LogP contribution in [-0.4, -0.2) is 23.9 Å². The molecule has 6 heteroatoms. The molecule has 0 aliphatic carbocycles. The quantitative estimate of drug-likeness (QED) is 0.145. The number of carbonyl (C=O) groups excluding carboxylic acids is 1. The van der Waals surface area contributed by atoms with Gasteiger partial charge < -0.3 is 10.1 Å². The van der Waals surface area contributed by atoms with Crippen LogP contribution in [0.4, 0.5) is 0 Å². The molecular weight excluding hydrogens is 587 g/mol. The van der Waals surface area contributed by atoms with Gasteiger partial charge in [-0.1, -0.05) is 35.3 Å². The number of aliphatic hydroxyl groups is 1. The number of hydrogen-bond donors (Lipinski definition) is 1. The molecule has 0 fully saturated rings. The summed E-state index contributed by atoms with van der Waals surface area (Å²) >= 11 is 1.86. The summed E-state index contributed by atoms with van der Waals surface area (Å²) < 4.78 is 0. The number of pyridine rings is 1. The molecule has 0 saturated heterocycles. The van der Waals surface area contributed by atoms with Crippen molar-refractivity contribution >= 4 is 36.0 Å². The average Bonchev–Trinajstić information content (AvgIpc) is 2.81. The van der Waals surface area contributed by atoms with Gasteiger partial charge in [-0.05, 0) is 48.0 Å². The fraction of sp³-hybridized carbons (Fsp3) is 0.167. The molecule has 2 aromatic carbocycles. The maximum Gasteiger partial charge on any atom is 0.155 e. The monoisotopic (exact) mass is 609 g/mol. The van der Waals surface area contributed by atoms with E-state index < -0.39 is 8.07 Å². The number of rotatable bonds is 1. The van der Waals surface area contributed by atoms with E-state index in [4.69, 9.17) is 10.1 Å². The van der Waals surface area contributed by atoms with Crippen molar-refractivity contribution in [3.05, 3.63) is 66.6 Å². The molecule has 3 aromatic rings. The molecule has 0 atom stereocenters. The molecule has 2 aliphatic heterocycles. The first-order chi connectivity index (χ1) is 13.8. The molecule has 30 heavy (non-hydrogen) atoms. The molecule has 0 bridgehead atoms. The third-order valence-electron chi connectivity index (χ3n) is 5.26. The zero-order valence-corrected chi connectivity index (χ0v) is 21.5. The minimum Gasteiger partial charge on any atom is -0.512 e. The number of allylic oxidation sites excluding steroid dienone is 2. The van der Waals surface area contributed by atoms with E-state index in [1.54, 1.807) is 5.19 Å². The first kappa shape index (κ1) is 22.7. The fourth-order valence-electron chi connectivity index (χ4n) is 4.07. The van der Waals surface area contributed by atoms with Gasteiger partial charge in [-0.25, -0.2) is 0 Å². The van der Waals surface area contributed by atoms with E-state index in [-0.39, 0.29) is 31.6 Å². The summed E-state index contributed by atoms with van der Waals surface area (Å²) in [5.41, 5.74) is 5.08. The first-order valence-electron chi connectivity index (χ1n) is 9.51. The fourth-order valence-corrected chi connectivity index (χ4v) is 8.31.